The number of carbonyl (C=O) groups is 2. The van der Waals surface area contributed by atoms with Crippen LogP contribution in [0.1, 0.15) is 32.1 Å². The van der Waals surface area contributed by atoms with Crippen molar-refractivity contribution < 1.29 is 14.7 Å². The minimum absolute atomic E-state index is 0.0791. The quantitative estimate of drug-likeness (QED) is 0.597. The van der Waals surface area contributed by atoms with E-state index in [4.69, 9.17) is 5.11 Å². The molecule has 1 saturated heterocycles. The lowest BCUT2D eigenvalue weighted by Crippen LogP contribution is -2.38. The number of aliphatic hydroxyl groups is 1. The molecule has 5 heteroatoms. The standard InChI is InChI=1S/C11H20N2O3/c14-8-3-1-2-6-12-10(15)9-13-7-4-5-11(13)16/h14H,1-9H2,(H,12,15). The summed E-state index contributed by atoms with van der Waals surface area (Å²) in [5, 5.41) is 11.3. The Labute approximate surface area is 95.8 Å². The maximum Gasteiger partial charge on any atom is 0.239 e. The monoisotopic (exact) mass is 228 g/mol. The van der Waals surface area contributed by atoms with Gasteiger partial charge < -0.3 is 15.3 Å². The van der Waals surface area contributed by atoms with Crippen molar-refractivity contribution in [2.75, 3.05) is 26.2 Å². The van der Waals surface area contributed by atoms with E-state index in [0.29, 0.717) is 19.5 Å². The van der Waals surface area contributed by atoms with Gasteiger partial charge in [0.25, 0.3) is 0 Å². The second-order valence-corrected chi connectivity index (χ2v) is 4.05. The molecule has 0 saturated carbocycles. The zero-order valence-corrected chi connectivity index (χ0v) is 9.57. The maximum atomic E-state index is 11.4. The smallest absolute Gasteiger partial charge is 0.239 e. The van der Waals surface area contributed by atoms with Crippen LogP contribution in [0.5, 0.6) is 0 Å². The molecule has 0 bridgehead atoms. The highest BCUT2D eigenvalue weighted by molar-refractivity contribution is 5.85. The van der Waals surface area contributed by atoms with E-state index in [-0.39, 0.29) is 25.0 Å². The SMILES string of the molecule is O=C(CN1CCCC1=O)NCCCCCO. The van der Waals surface area contributed by atoms with Gasteiger partial charge in [-0.25, -0.2) is 0 Å². The van der Waals surface area contributed by atoms with Gasteiger partial charge in [-0.1, -0.05) is 0 Å². The third-order valence-electron chi connectivity index (χ3n) is 2.66. The third-order valence-corrected chi connectivity index (χ3v) is 2.66. The summed E-state index contributed by atoms with van der Waals surface area (Å²) in [6, 6.07) is 0. The van der Waals surface area contributed by atoms with Crippen LogP contribution in [0.15, 0.2) is 0 Å². The molecule has 5 nitrogen and oxygen atoms in total. The summed E-state index contributed by atoms with van der Waals surface area (Å²) in [7, 11) is 0. The molecule has 0 aromatic carbocycles. The summed E-state index contributed by atoms with van der Waals surface area (Å²) in [4.78, 5) is 24.3. The van der Waals surface area contributed by atoms with Crippen molar-refractivity contribution in [3.63, 3.8) is 0 Å². The Hall–Kier alpha value is -1.10. The number of unbranched alkanes of at least 4 members (excludes halogenated alkanes) is 2. The Morgan fingerprint density at radius 1 is 1.38 bits per heavy atom. The first-order chi connectivity index (χ1) is 7.74. The number of aliphatic hydroxyl groups excluding tert-OH is 1. The van der Waals surface area contributed by atoms with Crippen molar-refractivity contribution in [2.24, 2.45) is 0 Å². The van der Waals surface area contributed by atoms with Crippen molar-refractivity contribution in [2.45, 2.75) is 32.1 Å². The lowest BCUT2D eigenvalue weighted by molar-refractivity contribution is -0.133. The molecule has 1 aliphatic heterocycles. The van der Waals surface area contributed by atoms with Crippen LogP contribution in [0.25, 0.3) is 0 Å². The van der Waals surface area contributed by atoms with E-state index in [1.165, 1.54) is 0 Å². The molecular formula is C11H20N2O3. The normalized spacial score (nSPS) is 15.6. The first kappa shape index (κ1) is 13.0. The minimum Gasteiger partial charge on any atom is -0.396 e. The fourth-order valence-corrected chi connectivity index (χ4v) is 1.74. The fourth-order valence-electron chi connectivity index (χ4n) is 1.74. The second-order valence-electron chi connectivity index (χ2n) is 4.05. The summed E-state index contributed by atoms with van der Waals surface area (Å²) in [6.45, 7) is 1.73. The number of nitrogens with zero attached hydrogens (tertiary/aromatic N) is 1. The van der Waals surface area contributed by atoms with Gasteiger partial charge >= 0.3 is 0 Å². The molecule has 0 aliphatic carbocycles. The van der Waals surface area contributed by atoms with Crippen LogP contribution in [0.3, 0.4) is 0 Å². The van der Waals surface area contributed by atoms with E-state index < -0.39 is 0 Å². The van der Waals surface area contributed by atoms with E-state index in [1.54, 1.807) is 4.90 Å². The number of likely N-dealkylation sites (tertiary alicyclic amines) is 1. The summed E-state index contributed by atoms with van der Waals surface area (Å²) in [5.74, 6) is -0.00493. The molecule has 0 unspecified atom stereocenters. The Balaban J connectivity index is 2.04. The van der Waals surface area contributed by atoms with E-state index in [2.05, 4.69) is 5.32 Å². The van der Waals surface area contributed by atoms with E-state index in [9.17, 15) is 9.59 Å². The molecule has 16 heavy (non-hydrogen) atoms. The van der Waals surface area contributed by atoms with Crippen LogP contribution in [-0.2, 0) is 9.59 Å². The van der Waals surface area contributed by atoms with Gasteiger partial charge in [0.1, 0.15) is 0 Å². The molecule has 1 aliphatic rings. The lowest BCUT2D eigenvalue weighted by Gasteiger charge is -2.14. The molecule has 1 heterocycles. The highest BCUT2D eigenvalue weighted by Gasteiger charge is 2.21. The van der Waals surface area contributed by atoms with Gasteiger partial charge in [-0.3, -0.25) is 9.59 Å². The van der Waals surface area contributed by atoms with E-state index in [1.807, 2.05) is 0 Å². The molecular weight excluding hydrogens is 208 g/mol. The Morgan fingerprint density at radius 2 is 2.19 bits per heavy atom. The minimum atomic E-state index is -0.0840. The summed E-state index contributed by atoms with van der Waals surface area (Å²) in [6.07, 6.45) is 4.01. The molecule has 1 rings (SSSR count). The number of nitrogens with one attached hydrogen (secondary N) is 1. The Morgan fingerprint density at radius 3 is 2.81 bits per heavy atom. The van der Waals surface area contributed by atoms with Gasteiger partial charge in [0.2, 0.25) is 11.8 Å². The van der Waals surface area contributed by atoms with Crippen molar-refractivity contribution in [3.8, 4) is 0 Å². The Bertz CT molecular complexity index is 243. The van der Waals surface area contributed by atoms with Gasteiger partial charge in [-0.05, 0) is 25.7 Å². The summed E-state index contributed by atoms with van der Waals surface area (Å²) >= 11 is 0. The Kier molecular flexibility index (Phi) is 5.85. The largest absolute Gasteiger partial charge is 0.396 e. The summed E-state index contributed by atoms with van der Waals surface area (Å²) in [5.41, 5.74) is 0. The van der Waals surface area contributed by atoms with Crippen LogP contribution in [-0.4, -0.2) is 48.1 Å². The molecule has 1 fully saturated rings. The van der Waals surface area contributed by atoms with E-state index in [0.717, 1.165) is 25.7 Å². The number of carbonyl (C=O) groups excluding carboxylic acids is 2. The summed E-state index contributed by atoms with van der Waals surface area (Å²) < 4.78 is 0. The molecule has 2 N–H and O–H groups in total. The van der Waals surface area contributed by atoms with Gasteiger partial charge in [0.15, 0.2) is 0 Å². The van der Waals surface area contributed by atoms with Gasteiger partial charge in [-0.2, -0.15) is 0 Å². The fraction of sp³-hybridized carbons (Fsp3) is 0.818. The highest BCUT2D eigenvalue weighted by atomic mass is 16.3. The van der Waals surface area contributed by atoms with Crippen LogP contribution >= 0.6 is 0 Å². The van der Waals surface area contributed by atoms with E-state index >= 15 is 0 Å². The van der Waals surface area contributed by atoms with Crippen molar-refractivity contribution in [1.82, 2.24) is 10.2 Å². The van der Waals surface area contributed by atoms with Gasteiger partial charge in [-0.15, -0.1) is 0 Å². The second kappa shape index (κ2) is 7.22. The number of hydrogen-bond acceptors (Lipinski definition) is 3. The average Bonchev–Trinajstić information content (AvgIpc) is 2.64. The average molecular weight is 228 g/mol. The topological polar surface area (TPSA) is 69.6 Å². The number of amides is 2. The van der Waals surface area contributed by atoms with Crippen molar-refractivity contribution in [3.05, 3.63) is 0 Å². The predicted octanol–water partition coefficient (Wildman–Crippen LogP) is -0.112. The maximum absolute atomic E-state index is 11.4. The van der Waals surface area contributed by atoms with Crippen molar-refractivity contribution in [1.29, 1.82) is 0 Å². The van der Waals surface area contributed by atoms with Gasteiger partial charge in [0, 0.05) is 26.1 Å². The first-order valence-electron chi connectivity index (χ1n) is 5.89. The van der Waals surface area contributed by atoms with Crippen LogP contribution in [0.4, 0.5) is 0 Å². The predicted molar refractivity (Wildman–Crippen MR) is 59.8 cm³/mol. The van der Waals surface area contributed by atoms with Crippen LogP contribution < -0.4 is 5.32 Å². The molecule has 2 amide bonds. The zero-order valence-electron chi connectivity index (χ0n) is 9.57. The van der Waals surface area contributed by atoms with Crippen LogP contribution in [0, 0.1) is 0 Å². The molecule has 0 spiro atoms. The van der Waals surface area contributed by atoms with Gasteiger partial charge in [0.05, 0.1) is 6.54 Å². The lowest BCUT2D eigenvalue weighted by atomic mass is 10.2. The molecule has 0 atom stereocenters. The highest BCUT2D eigenvalue weighted by Crippen LogP contribution is 2.08. The first-order valence-corrected chi connectivity index (χ1v) is 5.89. The number of hydrogen-bond donors (Lipinski definition) is 2. The number of rotatable bonds is 7. The molecule has 0 aromatic rings. The molecule has 0 radical (unpaired) electrons. The van der Waals surface area contributed by atoms with Crippen molar-refractivity contribution >= 4 is 11.8 Å². The van der Waals surface area contributed by atoms with Crippen LogP contribution in [0.2, 0.25) is 0 Å². The molecule has 92 valence electrons. The third kappa shape index (κ3) is 4.61. The molecule has 0 aromatic heterocycles. The zero-order chi connectivity index (χ0) is 11.8.